The lowest BCUT2D eigenvalue weighted by Gasteiger charge is -2.15. The molecule has 2 rings (SSSR count). The van der Waals surface area contributed by atoms with E-state index >= 15 is 0 Å². The molecule has 120 valence electrons. The van der Waals surface area contributed by atoms with Gasteiger partial charge in [-0.3, -0.25) is 9.59 Å². The molecule has 1 fully saturated rings. The Morgan fingerprint density at radius 3 is 2.41 bits per heavy atom. The number of rotatable bonds is 8. The van der Waals surface area contributed by atoms with Crippen molar-refractivity contribution in [3.8, 4) is 0 Å². The number of carbonyl (C=O) groups is 2. The van der Waals surface area contributed by atoms with E-state index in [2.05, 4.69) is 17.6 Å². The van der Waals surface area contributed by atoms with E-state index in [1.165, 1.54) is 5.56 Å². The quantitative estimate of drug-likeness (QED) is 0.571. The zero-order valence-corrected chi connectivity index (χ0v) is 13.3. The zero-order chi connectivity index (χ0) is 16.0. The van der Waals surface area contributed by atoms with E-state index in [1.807, 2.05) is 24.3 Å². The molecule has 1 aromatic rings. The van der Waals surface area contributed by atoms with Crippen molar-refractivity contribution in [1.29, 1.82) is 0 Å². The molecule has 0 saturated heterocycles. The van der Waals surface area contributed by atoms with E-state index in [1.54, 1.807) is 7.11 Å². The van der Waals surface area contributed by atoms with Crippen LogP contribution in [0, 0.1) is 5.41 Å². The summed E-state index contributed by atoms with van der Waals surface area (Å²) < 4.78 is 4.94. The number of ether oxygens (including phenoxy) is 1. The van der Waals surface area contributed by atoms with E-state index in [0.29, 0.717) is 26.0 Å². The summed E-state index contributed by atoms with van der Waals surface area (Å²) in [6.45, 7) is 3.22. The Morgan fingerprint density at radius 2 is 1.86 bits per heavy atom. The molecule has 1 aliphatic rings. The first kappa shape index (κ1) is 16.5. The molecular weight excluding hydrogens is 280 g/mol. The van der Waals surface area contributed by atoms with Gasteiger partial charge < -0.3 is 15.4 Å². The van der Waals surface area contributed by atoms with Crippen molar-refractivity contribution < 1.29 is 14.3 Å². The molecule has 0 aromatic heterocycles. The van der Waals surface area contributed by atoms with Crippen molar-refractivity contribution in [3.05, 3.63) is 29.8 Å². The summed E-state index contributed by atoms with van der Waals surface area (Å²) in [6.07, 6.45) is 2.93. The summed E-state index contributed by atoms with van der Waals surface area (Å²) in [7, 11) is 1.63. The Bertz CT molecular complexity index is 521. The number of hydrogen-bond acceptors (Lipinski definition) is 3. The molecule has 5 heteroatoms. The van der Waals surface area contributed by atoms with E-state index in [9.17, 15) is 9.59 Å². The number of aryl methyl sites for hydroxylation is 1. The first-order valence-corrected chi connectivity index (χ1v) is 7.80. The molecule has 5 nitrogen and oxygen atoms in total. The SMILES string of the molecule is CCc1ccc(NC(=O)C2(C(=O)NCCCOC)CC2)cc1. The van der Waals surface area contributed by atoms with Gasteiger partial charge in [0.15, 0.2) is 0 Å². The lowest BCUT2D eigenvalue weighted by Crippen LogP contribution is -2.40. The van der Waals surface area contributed by atoms with Crippen LogP contribution < -0.4 is 10.6 Å². The Morgan fingerprint density at radius 1 is 1.18 bits per heavy atom. The Labute approximate surface area is 131 Å². The standard InChI is InChI=1S/C17H24N2O3/c1-3-13-5-7-14(8-6-13)19-16(21)17(9-10-17)15(20)18-11-4-12-22-2/h5-8H,3-4,9-12H2,1-2H3,(H,18,20)(H,19,21). The summed E-state index contributed by atoms with van der Waals surface area (Å²) in [6, 6.07) is 7.73. The number of methoxy groups -OCH3 is 1. The minimum atomic E-state index is -0.878. The lowest BCUT2D eigenvalue weighted by molar-refractivity contribution is -0.134. The van der Waals surface area contributed by atoms with Crippen LogP contribution in [-0.2, 0) is 20.7 Å². The van der Waals surface area contributed by atoms with Gasteiger partial charge in [-0.2, -0.15) is 0 Å². The Hall–Kier alpha value is -1.88. The molecule has 2 amide bonds. The van der Waals surface area contributed by atoms with Crippen LogP contribution >= 0.6 is 0 Å². The first-order chi connectivity index (χ1) is 10.6. The molecule has 0 unspecified atom stereocenters. The fourth-order valence-corrected chi connectivity index (χ4v) is 2.34. The van der Waals surface area contributed by atoms with Gasteiger partial charge >= 0.3 is 0 Å². The second-order valence-electron chi connectivity index (χ2n) is 5.69. The number of carbonyl (C=O) groups excluding carboxylic acids is 2. The predicted molar refractivity (Wildman–Crippen MR) is 85.6 cm³/mol. The summed E-state index contributed by atoms with van der Waals surface area (Å²) in [5.74, 6) is -0.382. The van der Waals surface area contributed by atoms with Crippen molar-refractivity contribution in [2.45, 2.75) is 32.6 Å². The third-order valence-corrected chi connectivity index (χ3v) is 4.05. The fourth-order valence-electron chi connectivity index (χ4n) is 2.34. The monoisotopic (exact) mass is 304 g/mol. The van der Waals surface area contributed by atoms with Gasteiger partial charge in [0.2, 0.25) is 11.8 Å². The predicted octanol–water partition coefficient (Wildman–Crippen LogP) is 2.12. The van der Waals surface area contributed by atoms with Gasteiger partial charge in [0.25, 0.3) is 0 Å². The summed E-state index contributed by atoms with van der Waals surface area (Å²) >= 11 is 0. The number of amides is 2. The van der Waals surface area contributed by atoms with Gasteiger partial charge in [-0.1, -0.05) is 19.1 Å². The molecule has 0 heterocycles. The molecule has 22 heavy (non-hydrogen) atoms. The average Bonchev–Trinajstić information content (AvgIpc) is 3.34. The van der Waals surface area contributed by atoms with Crippen LogP contribution in [0.4, 0.5) is 5.69 Å². The van der Waals surface area contributed by atoms with Gasteiger partial charge in [-0.25, -0.2) is 0 Å². The van der Waals surface area contributed by atoms with Crippen LogP contribution in [0.1, 0.15) is 31.7 Å². The fraction of sp³-hybridized carbons (Fsp3) is 0.529. The third-order valence-electron chi connectivity index (χ3n) is 4.05. The maximum atomic E-state index is 12.4. The Kier molecular flexibility index (Phi) is 5.55. The van der Waals surface area contributed by atoms with E-state index in [-0.39, 0.29) is 11.8 Å². The third kappa shape index (κ3) is 3.85. The number of hydrogen-bond donors (Lipinski definition) is 2. The van der Waals surface area contributed by atoms with Crippen LogP contribution in [0.25, 0.3) is 0 Å². The number of nitrogens with one attached hydrogen (secondary N) is 2. The smallest absolute Gasteiger partial charge is 0.240 e. The van der Waals surface area contributed by atoms with Crippen LogP contribution in [0.2, 0.25) is 0 Å². The number of anilines is 1. The molecule has 0 radical (unpaired) electrons. The molecule has 0 bridgehead atoms. The molecule has 0 spiro atoms. The highest BCUT2D eigenvalue weighted by Gasteiger charge is 2.56. The second-order valence-corrected chi connectivity index (χ2v) is 5.69. The number of benzene rings is 1. The molecule has 2 N–H and O–H groups in total. The van der Waals surface area contributed by atoms with Crippen molar-refractivity contribution in [2.24, 2.45) is 5.41 Å². The lowest BCUT2D eigenvalue weighted by atomic mass is 10.0. The highest BCUT2D eigenvalue weighted by Crippen LogP contribution is 2.46. The van der Waals surface area contributed by atoms with Gasteiger partial charge in [-0.15, -0.1) is 0 Å². The zero-order valence-electron chi connectivity index (χ0n) is 13.3. The highest BCUT2D eigenvalue weighted by molar-refractivity contribution is 6.13. The minimum absolute atomic E-state index is 0.175. The normalized spacial score (nSPS) is 15.2. The topological polar surface area (TPSA) is 67.4 Å². The maximum Gasteiger partial charge on any atom is 0.240 e. The molecular formula is C17H24N2O3. The first-order valence-electron chi connectivity index (χ1n) is 7.80. The Balaban J connectivity index is 1.88. The highest BCUT2D eigenvalue weighted by atomic mass is 16.5. The van der Waals surface area contributed by atoms with Gasteiger partial charge in [-0.05, 0) is 43.4 Å². The molecule has 1 saturated carbocycles. The molecule has 1 aliphatic carbocycles. The van der Waals surface area contributed by atoms with Crippen molar-refractivity contribution in [1.82, 2.24) is 5.32 Å². The van der Waals surface area contributed by atoms with Crippen LogP contribution in [0.5, 0.6) is 0 Å². The van der Waals surface area contributed by atoms with Gasteiger partial charge in [0.1, 0.15) is 5.41 Å². The van der Waals surface area contributed by atoms with E-state index < -0.39 is 5.41 Å². The van der Waals surface area contributed by atoms with Crippen LogP contribution in [-0.4, -0.2) is 32.1 Å². The van der Waals surface area contributed by atoms with Crippen molar-refractivity contribution in [2.75, 3.05) is 25.6 Å². The van der Waals surface area contributed by atoms with Crippen LogP contribution in [0.3, 0.4) is 0 Å². The maximum absolute atomic E-state index is 12.4. The molecule has 0 aliphatic heterocycles. The van der Waals surface area contributed by atoms with Gasteiger partial charge in [0, 0.05) is 25.9 Å². The summed E-state index contributed by atoms with van der Waals surface area (Å²) in [5.41, 5.74) is 1.08. The summed E-state index contributed by atoms with van der Waals surface area (Å²) in [5, 5.41) is 5.68. The van der Waals surface area contributed by atoms with Gasteiger partial charge in [0.05, 0.1) is 0 Å². The minimum Gasteiger partial charge on any atom is -0.385 e. The van der Waals surface area contributed by atoms with E-state index in [4.69, 9.17) is 4.74 Å². The molecule has 1 aromatic carbocycles. The molecule has 0 atom stereocenters. The van der Waals surface area contributed by atoms with Crippen molar-refractivity contribution in [3.63, 3.8) is 0 Å². The average molecular weight is 304 g/mol. The van der Waals surface area contributed by atoms with Crippen LogP contribution in [0.15, 0.2) is 24.3 Å². The van der Waals surface area contributed by atoms with Crippen molar-refractivity contribution >= 4 is 17.5 Å². The summed E-state index contributed by atoms with van der Waals surface area (Å²) in [4.78, 5) is 24.6. The largest absolute Gasteiger partial charge is 0.385 e. The second kappa shape index (κ2) is 7.40. The van der Waals surface area contributed by atoms with E-state index in [0.717, 1.165) is 18.5 Å².